The smallest absolute Gasteiger partial charge is 0.133 e. The van der Waals surface area contributed by atoms with Crippen LogP contribution in [0.4, 0.5) is 0 Å². The third-order valence-corrected chi connectivity index (χ3v) is 1.65. The first-order valence-corrected chi connectivity index (χ1v) is 3.18. The topological polar surface area (TPSA) is 25.8 Å². The third kappa shape index (κ3) is 1.15. The Morgan fingerprint density at radius 1 is 1.00 bits per heavy atom. The normalized spacial score (nSPS) is 10.0. The molecule has 1 rings (SSSR count). The van der Waals surface area contributed by atoms with E-state index in [0.717, 1.165) is 17.0 Å². The first kappa shape index (κ1) is 7.19. The van der Waals surface area contributed by atoms with Crippen LogP contribution >= 0.6 is 0 Å². The SMILES string of the molecule is [CH]c1nc(C)c(C)c(C)n1. The number of rotatable bonds is 0. The third-order valence-electron chi connectivity index (χ3n) is 1.65. The molecule has 0 aliphatic rings. The summed E-state index contributed by atoms with van der Waals surface area (Å²) in [5.74, 6) is 0.362. The molecule has 2 heteroatoms. The molecule has 0 aliphatic heterocycles. The Bertz CT molecular complexity index is 230. The lowest BCUT2D eigenvalue weighted by atomic mass is 10.2. The van der Waals surface area contributed by atoms with Crippen LogP contribution in [-0.2, 0) is 0 Å². The second-order valence-electron chi connectivity index (χ2n) is 2.38. The second-order valence-corrected chi connectivity index (χ2v) is 2.38. The van der Waals surface area contributed by atoms with E-state index in [1.807, 2.05) is 20.8 Å². The van der Waals surface area contributed by atoms with Crippen molar-refractivity contribution < 1.29 is 0 Å². The van der Waals surface area contributed by atoms with E-state index in [4.69, 9.17) is 6.92 Å². The van der Waals surface area contributed by atoms with Crippen LogP contribution in [0.3, 0.4) is 0 Å². The average molecular weight is 134 g/mol. The fraction of sp³-hybridized carbons (Fsp3) is 0.375. The van der Waals surface area contributed by atoms with Gasteiger partial charge in [0, 0.05) is 18.3 Å². The van der Waals surface area contributed by atoms with Crippen molar-refractivity contribution in [2.24, 2.45) is 0 Å². The van der Waals surface area contributed by atoms with E-state index in [9.17, 15) is 0 Å². The summed E-state index contributed by atoms with van der Waals surface area (Å²) in [5, 5.41) is 0. The average Bonchev–Trinajstić information content (AvgIpc) is 1.82. The van der Waals surface area contributed by atoms with Crippen molar-refractivity contribution in [2.75, 3.05) is 0 Å². The van der Waals surface area contributed by atoms with Crippen molar-refractivity contribution in [3.05, 3.63) is 29.7 Å². The predicted octanol–water partition coefficient (Wildman–Crippen LogP) is 1.46. The van der Waals surface area contributed by atoms with E-state index in [-0.39, 0.29) is 0 Å². The molecule has 1 heterocycles. The number of hydrogen-bond donors (Lipinski definition) is 0. The van der Waals surface area contributed by atoms with Crippen LogP contribution in [0.5, 0.6) is 0 Å². The monoisotopic (exact) mass is 134 g/mol. The summed E-state index contributed by atoms with van der Waals surface area (Å²) in [6.45, 7) is 11.3. The molecule has 0 fully saturated rings. The Labute approximate surface area is 61.3 Å². The van der Waals surface area contributed by atoms with Crippen LogP contribution in [0.2, 0.25) is 0 Å². The van der Waals surface area contributed by atoms with Crippen LogP contribution in [0.1, 0.15) is 22.8 Å². The van der Waals surface area contributed by atoms with Gasteiger partial charge in [-0.3, -0.25) is 0 Å². The zero-order chi connectivity index (χ0) is 7.72. The van der Waals surface area contributed by atoms with Crippen LogP contribution in [0, 0.1) is 27.7 Å². The molecule has 0 aliphatic carbocycles. The van der Waals surface area contributed by atoms with Crippen LogP contribution in [0.25, 0.3) is 0 Å². The van der Waals surface area contributed by atoms with Gasteiger partial charge in [0.25, 0.3) is 0 Å². The lowest BCUT2D eigenvalue weighted by Gasteiger charge is -2.02. The molecule has 0 bridgehead atoms. The van der Waals surface area contributed by atoms with Gasteiger partial charge in [0.2, 0.25) is 0 Å². The molecule has 1 aromatic rings. The Kier molecular flexibility index (Phi) is 1.70. The Morgan fingerprint density at radius 2 is 1.40 bits per heavy atom. The largest absolute Gasteiger partial charge is 0.238 e. The summed E-state index contributed by atoms with van der Waals surface area (Å²) in [6.07, 6.45) is 0. The van der Waals surface area contributed by atoms with E-state index in [0.29, 0.717) is 5.82 Å². The van der Waals surface area contributed by atoms with Crippen molar-refractivity contribution in [1.82, 2.24) is 9.97 Å². The minimum atomic E-state index is 0.362. The second kappa shape index (κ2) is 2.37. The van der Waals surface area contributed by atoms with Gasteiger partial charge in [-0.2, -0.15) is 0 Å². The minimum absolute atomic E-state index is 0.362. The number of aryl methyl sites for hydroxylation is 2. The van der Waals surface area contributed by atoms with E-state index in [2.05, 4.69) is 9.97 Å². The van der Waals surface area contributed by atoms with Gasteiger partial charge in [0.1, 0.15) is 5.82 Å². The van der Waals surface area contributed by atoms with Crippen molar-refractivity contribution >= 4 is 0 Å². The molecule has 0 saturated heterocycles. The number of nitrogens with zero attached hydrogens (tertiary/aromatic N) is 2. The highest BCUT2D eigenvalue weighted by atomic mass is 14.9. The Balaban J connectivity index is 3.31. The quantitative estimate of drug-likeness (QED) is 0.537. The van der Waals surface area contributed by atoms with E-state index >= 15 is 0 Å². The molecule has 0 amide bonds. The zero-order valence-electron chi connectivity index (χ0n) is 6.47. The molecule has 0 aromatic carbocycles. The van der Waals surface area contributed by atoms with Crippen molar-refractivity contribution in [3.8, 4) is 0 Å². The predicted molar refractivity (Wildman–Crippen MR) is 39.6 cm³/mol. The summed E-state index contributed by atoms with van der Waals surface area (Å²) < 4.78 is 0. The maximum absolute atomic E-state index is 5.41. The van der Waals surface area contributed by atoms with Crippen LogP contribution in [-0.4, -0.2) is 9.97 Å². The van der Waals surface area contributed by atoms with Crippen molar-refractivity contribution in [1.29, 1.82) is 0 Å². The molecular formula is C8H10N2. The molecular weight excluding hydrogens is 124 g/mol. The Morgan fingerprint density at radius 3 is 1.80 bits per heavy atom. The van der Waals surface area contributed by atoms with E-state index in [1.54, 1.807) is 0 Å². The molecule has 0 N–H and O–H groups in total. The molecule has 1 aromatic heterocycles. The van der Waals surface area contributed by atoms with Gasteiger partial charge in [0.15, 0.2) is 0 Å². The highest BCUT2D eigenvalue weighted by Gasteiger charge is 1.99. The Hall–Kier alpha value is -0.920. The zero-order valence-corrected chi connectivity index (χ0v) is 6.47. The standard InChI is InChI=1S/C8H10N2/c1-5-6(2)9-8(4)10-7(5)3/h4H,1-3H3. The lowest BCUT2D eigenvalue weighted by molar-refractivity contribution is 0.980. The molecule has 0 saturated carbocycles. The molecule has 2 nitrogen and oxygen atoms in total. The maximum Gasteiger partial charge on any atom is 0.133 e. The van der Waals surface area contributed by atoms with E-state index < -0.39 is 0 Å². The summed E-state index contributed by atoms with van der Waals surface area (Å²) in [5.41, 5.74) is 3.05. The minimum Gasteiger partial charge on any atom is -0.238 e. The summed E-state index contributed by atoms with van der Waals surface area (Å²) >= 11 is 0. The first-order chi connectivity index (χ1) is 4.61. The fourth-order valence-electron chi connectivity index (χ4n) is 0.798. The maximum atomic E-state index is 5.41. The molecule has 0 unspecified atom stereocenters. The fourth-order valence-corrected chi connectivity index (χ4v) is 0.798. The molecule has 10 heavy (non-hydrogen) atoms. The van der Waals surface area contributed by atoms with Crippen molar-refractivity contribution in [3.63, 3.8) is 0 Å². The van der Waals surface area contributed by atoms with Crippen LogP contribution in [0.15, 0.2) is 0 Å². The molecule has 2 radical (unpaired) electrons. The van der Waals surface area contributed by atoms with Crippen LogP contribution < -0.4 is 0 Å². The van der Waals surface area contributed by atoms with Gasteiger partial charge < -0.3 is 0 Å². The van der Waals surface area contributed by atoms with Gasteiger partial charge >= 0.3 is 0 Å². The first-order valence-electron chi connectivity index (χ1n) is 3.18. The summed E-state index contributed by atoms with van der Waals surface area (Å²) in [4.78, 5) is 8.00. The molecule has 0 spiro atoms. The van der Waals surface area contributed by atoms with Gasteiger partial charge in [-0.1, -0.05) is 0 Å². The van der Waals surface area contributed by atoms with E-state index in [1.165, 1.54) is 0 Å². The van der Waals surface area contributed by atoms with Gasteiger partial charge in [0.05, 0.1) is 0 Å². The molecule has 0 atom stereocenters. The highest BCUT2D eigenvalue weighted by Crippen LogP contribution is 2.06. The lowest BCUT2D eigenvalue weighted by Crippen LogP contribution is -1.97. The van der Waals surface area contributed by atoms with Gasteiger partial charge in [-0.15, -0.1) is 0 Å². The van der Waals surface area contributed by atoms with Gasteiger partial charge in [-0.05, 0) is 26.3 Å². The highest BCUT2D eigenvalue weighted by molar-refractivity contribution is 5.22. The van der Waals surface area contributed by atoms with Crippen molar-refractivity contribution in [2.45, 2.75) is 20.8 Å². The van der Waals surface area contributed by atoms with Gasteiger partial charge in [-0.25, -0.2) is 9.97 Å². The number of aromatic nitrogens is 2. The molecule has 52 valence electrons. The summed E-state index contributed by atoms with van der Waals surface area (Å²) in [7, 11) is 0. The summed E-state index contributed by atoms with van der Waals surface area (Å²) in [6, 6.07) is 0. The number of hydrogen-bond acceptors (Lipinski definition) is 2.